The highest BCUT2D eigenvalue weighted by molar-refractivity contribution is 7.14. The molecule has 1 aromatic carbocycles. The summed E-state index contributed by atoms with van der Waals surface area (Å²) in [7, 11) is 0. The highest BCUT2D eigenvalue weighted by Crippen LogP contribution is 2.16. The smallest absolute Gasteiger partial charge is 0.279 e. The first kappa shape index (κ1) is 14.9. The Balaban J connectivity index is 1.70. The summed E-state index contributed by atoms with van der Waals surface area (Å²) in [4.78, 5) is 28.5. The van der Waals surface area contributed by atoms with Crippen LogP contribution in [0.5, 0.6) is 0 Å². The Kier molecular flexibility index (Phi) is 4.11. The Morgan fingerprint density at radius 1 is 1.26 bits per heavy atom. The molecule has 3 rings (SSSR count). The molecule has 0 saturated carbocycles. The molecular weight excluding hydrogens is 316 g/mol. The van der Waals surface area contributed by atoms with E-state index < -0.39 is 11.8 Å². The van der Waals surface area contributed by atoms with E-state index in [-0.39, 0.29) is 12.1 Å². The fourth-order valence-corrected chi connectivity index (χ4v) is 2.54. The van der Waals surface area contributed by atoms with E-state index in [0.29, 0.717) is 10.8 Å². The Bertz CT molecular complexity index is 842. The van der Waals surface area contributed by atoms with Gasteiger partial charge in [0.2, 0.25) is 5.91 Å². The van der Waals surface area contributed by atoms with E-state index in [4.69, 9.17) is 5.73 Å². The average molecular weight is 328 g/mol. The van der Waals surface area contributed by atoms with Crippen molar-refractivity contribution in [1.29, 1.82) is 0 Å². The number of primary amides is 1. The maximum atomic E-state index is 12.1. The van der Waals surface area contributed by atoms with Crippen molar-refractivity contribution < 1.29 is 9.59 Å². The maximum Gasteiger partial charge on any atom is 0.279 e. The summed E-state index contributed by atoms with van der Waals surface area (Å²) in [6, 6.07) is 9.26. The number of rotatable bonds is 5. The molecule has 2 heterocycles. The van der Waals surface area contributed by atoms with Crippen molar-refractivity contribution in [3.05, 3.63) is 53.3 Å². The molecule has 0 bridgehead atoms. The minimum absolute atomic E-state index is 0.0383. The van der Waals surface area contributed by atoms with Crippen LogP contribution in [0.1, 0.15) is 16.2 Å². The molecule has 0 aliphatic carbocycles. The Morgan fingerprint density at radius 2 is 2.04 bits per heavy atom. The number of nitrogens with zero attached hydrogens (tertiary/aromatic N) is 4. The minimum Gasteiger partial charge on any atom is -0.369 e. The minimum atomic E-state index is -0.473. The van der Waals surface area contributed by atoms with Crippen molar-refractivity contribution in [2.75, 3.05) is 5.32 Å². The summed E-state index contributed by atoms with van der Waals surface area (Å²) in [5, 5.41) is 12.8. The van der Waals surface area contributed by atoms with Crippen LogP contribution in [-0.4, -0.2) is 31.8 Å². The summed E-state index contributed by atoms with van der Waals surface area (Å²) in [6.07, 6.45) is 1.41. The molecule has 0 saturated heterocycles. The van der Waals surface area contributed by atoms with Gasteiger partial charge in [0.1, 0.15) is 0 Å². The summed E-state index contributed by atoms with van der Waals surface area (Å²) >= 11 is 1.21. The van der Waals surface area contributed by atoms with Gasteiger partial charge in [-0.2, -0.15) is 9.90 Å². The zero-order chi connectivity index (χ0) is 16.2. The Morgan fingerprint density at radius 3 is 2.78 bits per heavy atom. The topological polar surface area (TPSA) is 116 Å². The normalized spacial score (nSPS) is 10.4. The van der Waals surface area contributed by atoms with Gasteiger partial charge in [-0.05, 0) is 12.1 Å². The van der Waals surface area contributed by atoms with E-state index in [9.17, 15) is 9.59 Å². The molecule has 3 N–H and O–H groups in total. The van der Waals surface area contributed by atoms with Gasteiger partial charge in [0, 0.05) is 5.38 Å². The molecule has 0 spiro atoms. The second-order valence-corrected chi connectivity index (χ2v) is 5.45. The lowest BCUT2D eigenvalue weighted by atomic mass is 10.3. The predicted molar refractivity (Wildman–Crippen MR) is 84.3 cm³/mol. The van der Waals surface area contributed by atoms with E-state index in [0.717, 1.165) is 5.69 Å². The number of nitrogens with one attached hydrogen (secondary N) is 1. The fraction of sp³-hybridized carbons (Fsp3) is 0.0714. The van der Waals surface area contributed by atoms with Gasteiger partial charge in [0.15, 0.2) is 10.8 Å². The molecule has 116 valence electrons. The zero-order valence-corrected chi connectivity index (χ0v) is 12.7. The third kappa shape index (κ3) is 3.58. The molecule has 2 amide bonds. The van der Waals surface area contributed by atoms with Crippen molar-refractivity contribution in [2.45, 2.75) is 6.42 Å². The van der Waals surface area contributed by atoms with E-state index in [2.05, 4.69) is 20.5 Å². The first-order chi connectivity index (χ1) is 11.1. The van der Waals surface area contributed by atoms with Gasteiger partial charge in [0.25, 0.3) is 5.91 Å². The second kappa shape index (κ2) is 6.36. The standard InChI is InChI=1S/C14H12N6O2S/c15-12(21)6-9-8-23-14(17-9)18-13(22)11-7-16-20(19-11)10-4-2-1-3-5-10/h1-5,7-8H,6H2,(H2,15,21)(H,17,18,22). The van der Waals surface area contributed by atoms with Gasteiger partial charge in [-0.1, -0.05) is 18.2 Å². The lowest BCUT2D eigenvalue weighted by Crippen LogP contribution is -2.15. The van der Waals surface area contributed by atoms with Gasteiger partial charge in [-0.25, -0.2) is 4.98 Å². The van der Waals surface area contributed by atoms with E-state index in [1.165, 1.54) is 22.3 Å². The number of benzene rings is 1. The highest BCUT2D eigenvalue weighted by atomic mass is 32.1. The quantitative estimate of drug-likeness (QED) is 0.725. The first-order valence-corrected chi connectivity index (χ1v) is 7.51. The zero-order valence-electron chi connectivity index (χ0n) is 11.8. The molecule has 3 aromatic rings. The molecule has 0 fully saturated rings. The predicted octanol–water partition coefficient (Wildman–Crippen LogP) is 1.00. The van der Waals surface area contributed by atoms with E-state index in [1.807, 2.05) is 30.3 Å². The monoisotopic (exact) mass is 328 g/mol. The number of carbonyl (C=O) groups excluding carboxylic acids is 2. The molecule has 0 radical (unpaired) electrons. The summed E-state index contributed by atoms with van der Waals surface area (Å²) in [5.74, 6) is -0.897. The van der Waals surface area contributed by atoms with E-state index in [1.54, 1.807) is 5.38 Å². The molecule has 0 unspecified atom stereocenters. The molecule has 0 aliphatic heterocycles. The van der Waals surface area contributed by atoms with Crippen molar-refractivity contribution in [1.82, 2.24) is 20.0 Å². The average Bonchev–Trinajstić information content (AvgIpc) is 3.17. The molecule has 8 nitrogen and oxygen atoms in total. The van der Waals surface area contributed by atoms with Crippen LogP contribution < -0.4 is 11.1 Å². The number of anilines is 1. The van der Waals surface area contributed by atoms with Crippen LogP contribution in [0.3, 0.4) is 0 Å². The second-order valence-electron chi connectivity index (χ2n) is 4.60. The summed E-state index contributed by atoms with van der Waals surface area (Å²) < 4.78 is 0. The first-order valence-electron chi connectivity index (χ1n) is 6.63. The lowest BCUT2D eigenvalue weighted by molar-refractivity contribution is -0.117. The molecule has 0 aliphatic rings. The Labute approximate surface area is 135 Å². The maximum absolute atomic E-state index is 12.1. The lowest BCUT2D eigenvalue weighted by Gasteiger charge is -1.98. The number of amides is 2. The number of nitrogens with two attached hydrogens (primary N) is 1. The third-order valence-corrected chi connectivity index (χ3v) is 3.65. The Hall–Kier alpha value is -3.07. The highest BCUT2D eigenvalue weighted by Gasteiger charge is 2.14. The number of aromatic nitrogens is 4. The van der Waals surface area contributed by atoms with Crippen molar-refractivity contribution in [3.8, 4) is 5.69 Å². The van der Waals surface area contributed by atoms with Gasteiger partial charge in [-0.15, -0.1) is 16.4 Å². The van der Waals surface area contributed by atoms with Crippen LogP contribution >= 0.6 is 11.3 Å². The molecule has 23 heavy (non-hydrogen) atoms. The number of hydrogen-bond donors (Lipinski definition) is 2. The molecular formula is C14H12N6O2S. The van der Waals surface area contributed by atoms with Crippen LogP contribution in [0.15, 0.2) is 41.9 Å². The fourth-order valence-electron chi connectivity index (χ4n) is 1.84. The van der Waals surface area contributed by atoms with Crippen LogP contribution in [0.4, 0.5) is 5.13 Å². The van der Waals surface area contributed by atoms with E-state index >= 15 is 0 Å². The molecule has 2 aromatic heterocycles. The number of para-hydroxylation sites is 1. The molecule has 0 atom stereocenters. The van der Waals surface area contributed by atoms with Crippen LogP contribution in [0.2, 0.25) is 0 Å². The number of thiazole rings is 1. The van der Waals surface area contributed by atoms with Crippen LogP contribution in [0, 0.1) is 0 Å². The SMILES string of the molecule is NC(=O)Cc1csc(NC(=O)c2cnn(-c3ccccc3)n2)n1. The number of hydrogen-bond acceptors (Lipinski definition) is 6. The summed E-state index contributed by atoms with van der Waals surface area (Å²) in [5.41, 5.74) is 6.54. The van der Waals surface area contributed by atoms with Gasteiger partial charge < -0.3 is 5.73 Å². The third-order valence-electron chi connectivity index (χ3n) is 2.84. The number of carbonyl (C=O) groups is 2. The van der Waals surface area contributed by atoms with Crippen molar-refractivity contribution >= 4 is 28.3 Å². The van der Waals surface area contributed by atoms with Crippen molar-refractivity contribution in [2.24, 2.45) is 5.73 Å². The largest absolute Gasteiger partial charge is 0.369 e. The van der Waals surface area contributed by atoms with Crippen LogP contribution in [-0.2, 0) is 11.2 Å². The van der Waals surface area contributed by atoms with Crippen LogP contribution in [0.25, 0.3) is 5.69 Å². The van der Waals surface area contributed by atoms with Gasteiger partial charge >= 0.3 is 0 Å². The van der Waals surface area contributed by atoms with Gasteiger partial charge in [-0.3, -0.25) is 14.9 Å². The molecule has 9 heteroatoms. The van der Waals surface area contributed by atoms with Crippen molar-refractivity contribution in [3.63, 3.8) is 0 Å². The van der Waals surface area contributed by atoms with Gasteiger partial charge in [0.05, 0.1) is 24.0 Å². The summed E-state index contributed by atoms with van der Waals surface area (Å²) in [6.45, 7) is 0.